The number of nitrogens with one attached hydrogen (secondary N) is 2. The normalized spacial score (nSPS) is 21.0. The third-order valence-electron chi connectivity index (χ3n) is 3.93. The molecule has 22 heavy (non-hydrogen) atoms. The maximum Gasteiger partial charge on any atom is 0.223 e. The second kappa shape index (κ2) is 9.61. The SMILES string of the molecule is C[C@H]1C[C@@H](C(=O)NCCCc2ccc(Cl)cc2Cl)CCN1.Cl. The molecule has 1 aliphatic rings. The van der Waals surface area contributed by atoms with E-state index in [1.54, 1.807) is 6.07 Å². The minimum absolute atomic E-state index is 0. The lowest BCUT2D eigenvalue weighted by Gasteiger charge is -2.27. The molecule has 2 N–H and O–H groups in total. The van der Waals surface area contributed by atoms with Crippen molar-refractivity contribution in [2.75, 3.05) is 13.1 Å². The zero-order valence-electron chi connectivity index (χ0n) is 12.7. The molecule has 2 atom stereocenters. The molecule has 0 bridgehead atoms. The fourth-order valence-electron chi connectivity index (χ4n) is 2.73. The predicted octanol–water partition coefficient (Wildman–Crippen LogP) is 3.85. The van der Waals surface area contributed by atoms with E-state index < -0.39 is 0 Å². The maximum atomic E-state index is 12.1. The fourth-order valence-corrected chi connectivity index (χ4v) is 3.23. The molecule has 0 radical (unpaired) electrons. The molecule has 1 aromatic rings. The number of benzene rings is 1. The number of rotatable bonds is 5. The molecule has 1 heterocycles. The van der Waals surface area contributed by atoms with Crippen LogP contribution in [0.1, 0.15) is 31.7 Å². The second-order valence-electron chi connectivity index (χ2n) is 5.71. The van der Waals surface area contributed by atoms with Crippen LogP contribution in [0.15, 0.2) is 18.2 Å². The van der Waals surface area contributed by atoms with E-state index in [9.17, 15) is 4.79 Å². The molecule has 124 valence electrons. The first-order valence-electron chi connectivity index (χ1n) is 7.51. The van der Waals surface area contributed by atoms with E-state index >= 15 is 0 Å². The monoisotopic (exact) mass is 364 g/mol. The standard InChI is InChI=1S/C16H22Cl2N2O.ClH/c1-11-9-13(6-8-19-11)16(21)20-7-2-3-12-4-5-14(17)10-15(12)18;/h4-5,10-11,13,19H,2-3,6-9H2,1H3,(H,20,21);1H/t11-,13-;/m0./s1. The van der Waals surface area contributed by atoms with Gasteiger partial charge in [-0.1, -0.05) is 29.3 Å². The zero-order valence-corrected chi connectivity index (χ0v) is 15.0. The number of hydrogen-bond acceptors (Lipinski definition) is 2. The van der Waals surface area contributed by atoms with Crippen molar-refractivity contribution in [3.63, 3.8) is 0 Å². The van der Waals surface area contributed by atoms with E-state index in [-0.39, 0.29) is 24.2 Å². The Morgan fingerprint density at radius 1 is 1.41 bits per heavy atom. The number of hydrogen-bond donors (Lipinski definition) is 2. The Hall–Kier alpha value is -0.480. The van der Waals surface area contributed by atoms with Crippen molar-refractivity contribution in [3.05, 3.63) is 33.8 Å². The van der Waals surface area contributed by atoms with Crippen molar-refractivity contribution >= 4 is 41.5 Å². The molecule has 1 aliphatic heterocycles. The van der Waals surface area contributed by atoms with E-state index in [0.29, 0.717) is 22.6 Å². The second-order valence-corrected chi connectivity index (χ2v) is 6.55. The molecule has 3 nitrogen and oxygen atoms in total. The molecule has 0 aromatic heterocycles. The Morgan fingerprint density at radius 3 is 2.86 bits per heavy atom. The first-order valence-corrected chi connectivity index (χ1v) is 8.27. The summed E-state index contributed by atoms with van der Waals surface area (Å²) in [6.45, 7) is 3.75. The van der Waals surface area contributed by atoms with Crippen LogP contribution in [0.3, 0.4) is 0 Å². The van der Waals surface area contributed by atoms with Crippen molar-refractivity contribution < 1.29 is 4.79 Å². The predicted molar refractivity (Wildman–Crippen MR) is 95.2 cm³/mol. The molecule has 0 saturated carbocycles. The molecule has 0 spiro atoms. The summed E-state index contributed by atoms with van der Waals surface area (Å²) in [6.07, 6.45) is 3.58. The van der Waals surface area contributed by atoms with Gasteiger partial charge in [0.2, 0.25) is 5.91 Å². The lowest BCUT2D eigenvalue weighted by Crippen LogP contribution is -2.42. The highest BCUT2D eigenvalue weighted by Crippen LogP contribution is 2.22. The van der Waals surface area contributed by atoms with Crippen molar-refractivity contribution in [3.8, 4) is 0 Å². The summed E-state index contributed by atoms with van der Waals surface area (Å²) >= 11 is 12.0. The summed E-state index contributed by atoms with van der Waals surface area (Å²) in [7, 11) is 0. The summed E-state index contributed by atoms with van der Waals surface area (Å²) < 4.78 is 0. The third kappa shape index (κ3) is 5.96. The average Bonchev–Trinajstić information content (AvgIpc) is 2.45. The van der Waals surface area contributed by atoms with Gasteiger partial charge >= 0.3 is 0 Å². The molecule has 1 saturated heterocycles. The van der Waals surface area contributed by atoms with Gasteiger partial charge in [0.15, 0.2) is 0 Å². The molecule has 0 aliphatic carbocycles. The minimum atomic E-state index is 0. The minimum Gasteiger partial charge on any atom is -0.356 e. The highest BCUT2D eigenvalue weighted by atomic mass is 35.5. The van der Waals surface area contributed by atoms with Gasteiger partial charge in [-0.15, -0.1) is 12.4 Å². The van der Waals surface area contributed by atoms with E-state index in [4.69, 9.17) is 23.2 Å². The molecule has 0 unspecified atom stereocenters. The van der Waals surface area contributed by atoms with Crippen molar-refractivity contribution in [1.29, 1.82) is 0 Å². The van der Waals surface area contributed by atoms with Gasteiger partial charge in [0, 0.05) is 28.5 Å². The van der Waals surface area contributed by atoms with Crippen molar-refractivity contribution in [2.45, 2.75) is 38.6 Å². The average molecular weight is 366 g/mol. The topological polar surface area (TPSA) is 41.1 Å². The number of carbonyl (C=O) groups excluding carboxylic acids is 1. The van der Waals surface area contributed by atoms with Crippen LogP contribution >= 0.6 is 35.6 Å². The van der Waals surface area contributed by atoms with Crippen LogP contribution in [-0.4, -0.2) is 25.0 Å². The van der Waals surface area contributed by atoms with E-state index in [1.807, 2.05) is 12.1 Å². The van der Waals surface area contributed by atoms with Crippen LogP contribution in [-0.2, 0) is 11.2 Å². The van der Waals surface area contributed by atoms with Crippen molar-refractivity contribution in [2.24, 2.45) is 5.92 Å². The van der Waals surface area contributed by atoms with Gasteiger partial charge in [-0.2, -0.15) is 0 Å². The van der Waals surface area contributed by atoms with E-state index in [1.165, 1.54) is 0 Å². The fraction of sp³-hybridized carbons (Fsp3) is 0.562. The number of amides is 1. The van der Waals surface area contributed by atoms with E-state index in [0.717, 1.165) is 37.8 Å². The quantitative estimate of drug-likeness (QED) is 0.778. The summed E-state index contributed by atoms with van der Waals surface area (Å²) in [5.41, 5.74) is 1.07. The molecule has 6 heteroatoms. The van der Waals surface area contributed by atoms with Crippen LogP contribution in [0.5, 0.6) is 0 Å². The van der Waals surface area contributed by atoms with Crippen LogP contribution in [0, 0.1) is 5.92 Å². The third-order valence-corrected chi connectivity index (χ3v) is 4.52. The highest BCUT2D eigenvalue weighted by Gasteiger charge is 2.24. The van der Waals surface area contributed by atoms with Crippen LogP contribution in [0.4, 0.5) is 0 Å². The van der Waals surface area contributed by atoms with Crippen molar-refractivity contribution in [1.82, 2.24) is 10.6 Å². The summed E-state index contributed by atoms with van der Waals surface area (Å²) in [5, 5.41) is 7.74. The van der Waals surface area contributed by atoms with Gasteiger partial charge in [-0.25, -0.2) is 0 Å². The number of piperidine rings is 1. The Bertz CT molecular complexity index is 496. The Labute approximate surface area is 148 Å². The number of halogens is 3. The van der Waals surface area contributed by atoms with Gasteiger partial charge in [-0.05, 0) is 56.8 Å². The van der Waals surface area contributed by atoms with Gasteiger partial charge in [0.05, 0.1) is 0 Å². The van der Waals surface area contributed by atoms with Crippen LogP contribution in [0.25, 0.3) is 0 Å². The number of carbonyl (C=O) groups is 1. The zero-order chi connectivity index (χ0) is 15.2. The molecule has 1 amide bonds. The Balaban J connectivity index is 0.00000242. The Morgan fingerprint density at radius 2 is 2.18 bits per heavy atom. The van der Waals surface area contributed by atoms with E-state index in [2.05, 4.69) is 17.6 Å². The lowest BCUT2D eigenvalue weighted by atomic mass is 9.92. The number of aryl methyl sites for hydroxylation is 1. The molecular formula is C16H23Cl3N2O. The molecule has 2 rings (SSSR count). The Kier molecular flexibility index (Phi) is 8.55. The highest BCUT2D eigenvalue weighted by molar-refractivity contribution is 6.35. The van der Waals surface area contributed by atoms with Crippen LogP contribution < -0.4 is 10.6 Å². The smallest absolute Gasteiger partial charge is 0.223 e. The first-order chi connectivity index (χ1) is 10.1. The van der Waals surface area contributed by atoms with Gasteiger partial charge < -0.3 is 10.6 Å². The summed E-state index contributed by atoms with van der Waals surface area (Å²) in [5.74, 6) is 0.339. The largest absolute Gasteiger partial charge is 0.356 e. The van der Waals surface area contributed by atoms with Gasteiger partial charge in [0.25, 0.3) is 0 Å². The summed E-state index contributed by atoms with van der Waals surface area (Å²) in [4.78, 5) is 12.1. The lowest BCUT2D eigenvalue weighted by molar-refractivity contribution is -0.126. The summed E-state index contributed by atoms with van der Waals surface area (Å²) in [6, 6.07) is 5.98. The molecule has 1 aromatic carbocycles. The maximum absolute atomic E-state index is 12.1. The molecular weight excluding hydrogens is 343 g/mol. The first kappa shape index (κ1) is 19.6. The molecule has 1 fully saturated rings. The van der Waals surface area contributed by atoms with Gasteiger partial charge in [0.1, 0.15) is 0 Å². The van der Waals surface area contributed by atoms with Crippen LogP contribution in [0.2, 0.25) is 10.0 Å². The van der Waals surface area contributed by atoms with Gasteiger partial charge in [-0.3, -0.25) is 4.79 Å².